The molecule has 0 aliphatic carbocycles. The highest BCUT2D eigenvalue weighted by molar-refractivity contribution is 7.89. The fourth-order valence-electron chi connectivity index (χ4n) is 2.10. The molecule has 0 fully saturated rings. The molecule has 2 aromatic carbocycles. The van der Waals surface area contributed by atoms with Gasteiger partial charge in [0.15, 0.2) is 0 Å². The Morgan fingerprint density at radius 2 is 1.83 bits per heavy atom. The van der Waals surface area contributed by atoms with Crippen molar-refractivity contribution in [3.8, 4) is 5.75 Å². The van der Waals surface area contributed by atoms with Crippen molar-refractivity contribution >= 4 is 21.6 Å². The molecular formula is C17H20ClNO4S. The molecule has 130 valence electrons. The number of nitrogens with one attached hydrogen (secondary N) is 1. The standard InChI is InChI=1S/C17H20ClNO4S/c1-13(14-4-3-5-15(18)12-14)19-24(20,21)17-8-6-16(7-9-17)23-11-10-22-2/h3-9,12-13,19H,10-11H2,1-2H3. The number of hydrogen-bond acceptors (Lipinski definition) is 4. The number of hydrogen-bond donors (Lipinski definition) is 1. The maximum atomic E-state index is 12.5. The minimum Gasteiger partial charge on any atom is -0.491 e. The fourth-order valence-corrected chi connectivity index (χ4v) is 3.53. The largest absolute Gasteiger partial charge is 0.491 e. The Hall–Kier alpha value is -1.60. The molecule has 0 aliphatic rings. The van der Waals surface area contributed by atoms with E-state index in [0.29, 0.717) is 24.0 Å². The maximum Gasteiger partial charge on any atom is 0.241 e. The Bertz CT molecular complexity index is 762. The second kappa shape index (κ2) is 8.48. The van der Waals surface area contributed by atoms with Crippen molar-refractivity contribution in [2.24, 2.45) is 0 Å². The van der Waals surface area contributed by atoms with Crippen molar-refractivity contribution in [3.05, 3.63) is 59.1 Å². The van der Waals surface area contributed by atoms with Gasteiger partial charge in [0.05, 0.1) is 11.5 Å². The van der Waals surface area contributed by atoms with Crippen molar-refractivity contribution in [1.29, 1.82) is 0 Å². The van der Waals surface area contributed by atoms with Crippen LogP contribution in [0.25, 0.3) is 0 Å². The zero-order valence-corrected chi connectivity index (χ0v) is 15.1. The van der Waals surface area contributed by atoms with Crippen LogP contribution in [-0.4, -0.2) is 28.7 Å². The molecule has 0 aromatic heterocycles. The van der Waals surface area contributed by atoms with Crippen LogP contribution < -0.4 is 9.46 Å². The SMILES string of the molecule is COCCOc1ccc(S(=O)(=O)NC(C)c2cccc(Cl)c2)cc1. The van der Waals surface area contributed by atoms with Gasteiger partial charge in [-0.25, -0.2) is 13.1 Å². The molecule has 0 saturated heterocycles. The Balaban J connectivity index is 2.06. The van der Waals surface area contributed by atoms with Crippen molar-refractivity contribution in [3.63, 3.8) is 0 Å². The van der Waals surface area contributed by atoms with Gasteiger partial charge in [0.1, 0.15) is 12.4 Å². The van der Waals surface area contributed by atoms with E-state index in [4.69, 9.17) is 21.1 Å². The van der Waals surface area contributed by atoms with Gasteiger partial charge in [0.25, 0.3) is 0 Å². The molecule has 2 aromatic rings. The van der Waals surface area contributed by atoms with Gasteiger partial charge in [-0.3, -0.25) is 0 Å². The van der Waals surface area contributed by atoms with Gasteiger partial charge in [0, 0.05) is 18.2 Å². The number of sulfonamides is 1. The predicted molar refractivity (Wildman–Crippen MR) is 94.0 cm³/mol. The Labute approximate surface area is 147 Å². The van der Waals surface area contributed by atoms with Gasteiger partial charge in [-0.05, 0) is 48.9 Å². The first kappa shape index (κ1) is 18.7. The molecule has 0 spiro atoms. The van der Waals surface area contributed by atoms with E-state index in [1.807, 2.05) is 6.07 Å². The van der Waals surface area contributed by atoms with Crippen LogP contribution in [0.2, 0.25) is 5.02 Å². The molecule has 0 bridgehead atoms. The molecule has 0 radical (unpaired) electrons. The van der Waals surface area contributed by atoms with Crippen molar-refractivity contribution in [2.45, 2.75) is 17.9 Å². The molecule has 1 atom stereocenters. The zero-order valence-electron chi connectivity index (χ0n) is 13.5. The third-order valence-electron chi connectivity index (χ3n) is 3.37. The Morgan fingerprint density at radius 1 is 1.12 bits per heavy atom. The third-order valence-corrected chi connectivity index (χ3v) is 5.16. The second-order valence-electron chi connectivity index (χ2n) is 5.21. The predicted octanol–water partition coefficient (Wildman–Crippen LogP) is 3.40. The lowest BCUT2D eigenvalue weighted by Crippen LogP contribution is -2.26. The Kier molecular flexibility index (Phi) is 6.62. The highest BCUT2D eigenvalue weighted by Gasteiger charge is 2.18. The summed E-state index contributed by atoms with van der Waals surface area (Å²) < 4.78 is 37.9. The highest BCUT2D eigenvalue weighted by Crippen LogP contribution is 2.21. The summed E-state index contributed by atoms with van der Waals surface area (Å²) in [5.74, 6) is 0.592. The zero-order chi connectivity index (χ0) is 17.6. The minimum absolute atomic E-state index is 0.176. The number of halogens is 1. The molecule has 0 saturated carbocycles. The van der Waals surface area contributed by atoms with E-state index in [2.05, 4.69) is 4.72 Å². The van der Waals surface area contributed by atoms with E-state index in [9.17, 15) is 8.42 Å². The minimum atomic E-state index is -3.64. The van der Waals surface area contributed by atoms with Gasteiger partial charge in [0.2, 0.25) is 10.0 Å². The van der Waals surface area contributed by atoms with Crippen LogP contribution in [0.5, 0.6) is 5.75 Å². The summed E-state index contributed by atoms with van der Waals surface area (Å²) in [5, 5.41) is 0.566. The van der Waals surface area contributed by atoms with Crippen LogP contribution in [0.3, 0.4) is 0 Å². The molecule has 2 rings (SSSR count). The average molecular weight is 370 g/mol. The lowest BCUT2D eigenvalue weighted by Gasteiger charge is -2.15. The number of benzene rings is 2. The summed E-state index contributed by atoms with van der Waals surface area (Å²) in [6.45, 7) is 2.65. The van der Waals surface area contributed by atoms with Gasteiger partial charge in [-0.1, -0.05) is 23.7 Å². The first-order valence-corrected chi connectivity index (χ1v) is 9.28. The molecule has 7 heteroatoms. The van der Waals surface area contributed by atoms with Crippen LogP contribution in [-0.2, 0) is 14.8 Å². The van der Waals surface area contributed by atoms with Crippen LogP contribution >= 0.6 is 11.6 Å². The van der Waals surface area contributed by atoms with Crippen molar-refractivity contribution in [1.82, 2.24) is 4.72 Å². The maximum absolute atomic E-state index is 12.5. The average Bonchev–Trinajstić information content (AvgIpc) is 2.55. The van der Waals surface area contributed by atoms with E-state index in [1.165, 1.54) is 12.1 Å². The lowest BCUT2D eigenvalue weighted by atomic mass is 10.1. The van der Waals surface area contributed by atoms with E-state index < -0.39 is 16.1 Å². The van der Waals surface area contributed by atoms with Gasteiger partial charge < -0.3 is 9.47 Å². The normalized spacial score (nSPS) is 12.8. The summed E-state index contributed by atoms with van der Waals surface area (Å²) in [7, 11) is -2.05. The first-order valence-electron chi connectivity index (χ1n) is 7.42. The van der Waals surface area contributed by atoms with E-state index in [1.54, 1.807) is 44.4 Å². The number of rotatable bonds is 8. The van der Waals surface area contributed by atoms with Gasteiger partial charge >= 0.3 is 0 Å². The second-order valence-corrected chi connectivity index (χ2v) is 7.36. The molecular weight excluding hydrogens is 350 g/mol. The molecule has 0 amide bonds. The number of methoxy groups -OCH3 is 1. The van der Waals surface area contributed by atoms with Crippen LogP contribution in [0, 0.1) is 0 Å². The monoisotopic (exact) mass is 369 g/mol. The van der Waals surface area contributed by atoms with Gasteiger partial charge in [-0.15, -0.1) is 0 Å². The van der Waals surface area contributed by atoms with Gasteiger partial charge in [-0.2, -0.15) is 0 Å². The topological polar surface area (TPSA) is 64.6 Å². The summed E-state index contributed by atoms with van der Waals surface area (Å²) >= 11 is 5.95. The quantitative estimate of drug-likeness (QED) is 0.724. The molecule has 0 aliphatic heterocycles. The molecule has 1 N–H and O–H groups in total. The van der Waals surface area contributed by atoms with E-state index in [0.717, 1.165) is 5.56 Å². The third kappa shape index (κ3) is 5.21. The lowest BCUT2D eigenvalue weighted by molar-refractivity contribution is 0.146. The van der Waals surface area contributed by atoms with E-state index >= 15 is 0 Å². The van der Waals surface area contributed by atoms with Crippen LogP contribution in [0.4, 0.5) is 0 Å². The van der Waals surface area contributed by atoms with E-state index in [-0.39, 0.29) is 4.90 Å². The van der Waals surface area contributed by atoms with Crippen molar-refractivity contribution < 1.29 is 17.9 Å². The number of ether oxygens (including phenoxy) is 2. The smallest absolute Gasteiger partial charge is 0.241 e. The van der Waals surface area contributed by atoms with Crippen LogP contribution in [0.1, 0.15) is 18.5 Å². The fraction of sp³-hybridized carbons (Fsp3) is 0.294. The summed E-state index contributed by atoms with van der Waals surface area (Å²) in [5.41, 5.74) is 0.797. The molecule has 1 unspecified atom stereocenters. The molecule has 5 nitrogen and oxygen atoms in total. The summed E-state index contributed by atoms with van der Waals surface area (Å²) in [4.78, 5) is 0.176. The highest BCUT2D eigenvalue weighted by atomic mass is 35.5. The summed E-state index contributed by atoms with van der Waals surface area (Å²) in [6.07, 6.45) is 0. The Morgan fingerprint density at radius 3 is 2.46 bits per heavy atom. The summed E-state index contributed by atoms with van der Waals surface area (Å²) in [6, 6.07) is 13.0. The first-order chi connectivity index (χ1) is 11.4. The molecule has 0 heterocycles. The van der Waals surface area contributed by atoms with Crippen LogP contribution in [0.15, 0.2) is 53.4 Å². The van der Waals surface area contributed by atoms with Crippen molar-refractivity contribution in [2.75, 3.05) is 20.3 Å². The molecule has 24 heavy (non-hydrogen) atoms.